The van der Waals surface area contributed by atoms with E-state index in [4.69, 9.17) is 4.74 Å². The van der Waals surface area contributed by atoms with Crippen LogP contribution < -0.4 is 0 Å². The Morgan fingerprint density at radius 3 is 2.19 bits per heavy atom. The molecule has 2 aromatic rings. The van der Waals surface area contributed by atoms with Gasteiger partial charge in [-0.25, -0.2) is 4.79 Å². The van der Waals surface area contributed by atoms with Crippen molar-refractivity contribution in [3.63, 3.8) is 0 Å². The van der Waals surface area contributed by atoms with E-state index in [1.807, 2.05) is 20.8 Å². The zero-order valence-electron chi connectivity index (χ0n) is 19.0. The molecule has 1 aliphatic heterocycles. The first-order valence-corrected chi connectivity index (χ1v) is 11.1. The van der Waals surface area contributed by atoms with Gasteiger partial charge < -0.3 is 9.64 Å². The van der Waals surface area contributed by atoms with Crippen molar-refractivity contribution in [2.75, 3.05) is 13.1 Å². The van der Waals surface area contributed by atoms with Crippen LogP contribution in [-0.2, 0) is 15.7 Å². The summed E-state index contributed by atoms with van der Waals surface area (Å²) < 4.78 is 50.9. The molecule has 1 aliphatic rings. The Kier molecular flexibility index (Phi) is 6.19. The lowest BCUT2D eigenvalue weighted by Gasteiger charge is -2.42. The average Bonchev–Trinajstić information content (AvgIpc) is 3.02. The minimum atomic E-state index is -4.58. The normalized spacial score (nSPS) is 15.5. The highest BCUT2D eigenvalue weighted by atomic mass is 32.1. The standard InChI is InChI=1S/C23H27F3N2O3S/c1-21(2,3)20(30)28-11-13(12-28)17-16(19(29)31-22(4,5)6)18(32-27-17)14-9-7-8-10-15(14)23(24,25)26/h7-10,13H,11-12H2,1-6H3. The zero-order valence-corrected chi connectivity index (χ0v) is 19.8. The number of rotatable bonds is 3. The Morgan fingerprint density at radius 1 is 1.06 bits per heavy atom. The summed E-state index contributed by atoms with van der Waals surface area (Å²) in [5.41, 5.74) is -1.88. The second-order valence-corrected chi connectivity index (χ2v) is 10.7. The molecule has 1 amide bonds. The van der Waals surface area contributed by atoms with E-state index >= 15 is 0 Å². The lowest BCUT2D eigenvalue weighted by molar-refractivity contribution is -0.144. The summed E-state index contributed by atoms with van der Waals surface area (Å²) in [5, 5.41) is 0. The molecule has 5 nitrogen and oxygen atoms in total. The summed E-state index contributed by atoms with van der Waals surface area (Å²) in [6, 6.07) is 5.13. The number of nitrogens with zero attached hydrogens (tertiary/aromatic N) is 2. The van der Waals surface area contributed by atoms with Crippen LogP contribution in [0.15, 0.2) is 24.3 Å². The van der Waals surface area contributed by atoms with Gasteiger partial charge in [-0.15, -0.1) is 0 Å². The largest absolute Gasteiger partial charge is 0.456 e. The molecule has 0 radical (unpaired) electrons. The molecule has 32 heavy (non-hydrogen) atoms. The first kappa shape index (κ1) is 24.2. The third-order valence-electron chi connectivity index (χ3n) is 5.00. The minimum Gasteiger partial charge on any atom is -0.456 e. The number of carbonyl (C=O) groups excluding carboxylic acids is 2. The number of esters is 1. The van der Waals surface area contributed by atoms with Crippen molar-refractivity contribution in [3.8, 4) is 10.4 Å². The Balaban J connectivity index is 2.04. The van der Waals surface area contributed by atoms with Crippen LogP contribution >= 0.6 is 11.5 Å². The van der Waals surface area contributed by atoms with Crippen molar-refractivity contribution in [2.45, 2.75) is 59.2 Å². The van der Waals surface area contributed by atoms with Gasteiger partial charge in [-0.2, -0.15) is 17.5 Å². The Labute approximate surface area is 189 Å². The van der Waals surface area contributed by atoms with Crippen LogP contribution in [0.25, 0.3) is 10.4 Å². The van der Waals surface area contributed by atoms with Gasteiger partial charge in [0.15, 0.2) is 0 Å². The van der Waals surface area contributed by atoms with Crippen LogP contribution in [0.5, 0.6) is 0 Å². The van der Waals surface area contributed by atoms with Gasteiger partial charge in [0.05, 0.1) is 16.1 Å². The fourth-order valence-electron chi connectivity index (χ4n) is 3.51. The van der Waals surface area contributed by atoms with Crippen molar-refractivity contribution in [1.29, 1.82) is 0 Å². The highest BCUT2D eigenvalue weighted by molar-refractivity contribution is 7.10. The second-order valence-electron chi connectivity index (χ2n) is 9.97. The number of aromatic nitrogens is 1. The maximum absolute atomic E-state index is 13.7. The molecular weight excluding hydrogens is 441 g/mol. The molecule has 1 aromatic carbocycles. The Morgan fingerprint density at radius 2 is 1.66 bits per heavy atom. The predicted molar refractivity (Wildman–Crippen MR) is 116 cm³/mol. The van der Waals surface area contributed by atoms with Gasteiger partial charge in [0, 0.05) is 30.0 Å². The highest BCUT2D eigenvalue weighted by Gasteiger charge is 2.42. The maximum atomic E-state index is 13.7. The molecule has 1 fully saturated rings. The molecule has 1 aromatic heterocycles. The fraction of sp³-hybridized carbons (Fsp3) is 0.522. The number of amides is 1. The molecule has 1 saturated heterocycles. The number of hydrogen-bond acceptors (Lipinski definition) is 5. The van der Waals surface area contributed by atoms with E-state index in [1.165, 1.54) is 18.2 Å². The van der Waals surface area contributed by atoms with Gasteiger partial charge in [-0.3, -0.25) is 4.79 Å². The molecule has 174 valence electrons. The molecule has 0 saturated carbocycles. The van der Waals surface area contributed by atoms with Crippen LogP contribution in [-0.4, -0.2) is 39.8 Å². The first-order chi connectivity index (χ1) is 14.6. The van der Waals surface area contributed by atoms with Gasteiger partial charge in [0.1, 0.15) is 11.2 Å². The van der Waals surface area contributed by atoms with E-state index in [-0.39, 0.29) is 27.8 Å². The molecule has 3 rings (SSSR count). The summed E-state index contributed by atoms with van der Waals surface area (Å²) in [4.78, 5) is 27.4. The van der Waals surface area contributed by atoms with Gasteiger partial charge in [0.25, 0.3) is 0 Å². The number of carbonyl (C=O) groups is 2. The minimum absolute atomic E-state index is 0.0227. The molecule has 0 atom stereocenters. The molecule has 0 spiro atoms. The van der Waals surface area contributed by atoms with Crippen LogP contribution in [0.2, 0.25) is 0 Å². The first-order valence-electron chi connectivity index (χ1n) is 10.3. The van der Waals surface area contributed by atoms with Crippen LogP contribution in [0.4, 0.5) is 13.2 Å². The van der Waals surface area contributed by atoms with Crippen LogP contribution in [0.1, 0.15) is 69.1 Å². The van der Waals surface area contributed by atoms with E-state index in [0.717, 1.165) is 17.6 Å². The van der Waals surface area contributed by atoms with Gasteiger partial charge >= 0.3 is 12.1 Å². The number of benzene rings is 1. The molecule has 9 heteroatoms. The molecule has 2 heterocycles. The topological polar surface area (TPSA) is 59.5 Å². The molecule has 0 bridgehead atoms. The van der Waals surface area contributed by atoms with E-state index < -0.39 is 28.7 Å². The Bertz CT molecular complexity index is 1030. The molecule has 0 aliphatic carbocycles. The smallest absolute Gasteiger partial charge is 0.417 e. The highest BCUT2D eigenvalue weighted by Crippen LogP contribution is 2.43. The van der Waals surface area contributed by atoms with Crippen molar-refractivity contribution in [3.05, 3.63) is 41.1 Å². The lowest BCUT2D eigenvalue weighted by atomic mass is 9.87. The summed E-state index contributed by atoms with van der Waals surface area (Å²) >= 11 is 0.852. The molecular formula is C23H27F3N2O3S. The number of halogens is 3. The monoisotopic (exact) mass is 468 g/mol. The summed E-state index contributed by atoms with van der Waals surface area (Å²) in [6.45, 7) is 11.3. The summed E-state index contributed by atoms with van der Waals surface area (Å²) in [7, 11) is 0. The zero-order chi connectivity index (χ0) is 24.1. The molecule has 0 N–H and O–H groups in total. The third kappa shape index (κ3) is 4.98. The van der Waals surface area contributed by atoms with E-state index in [0.29, 0.717) is 18.8 Å². The number of hydrogen-bond donors (Lipinski definition) is 0. The lowest BCUT2D eigenvalue weighted by Crippen LogP contribution is -2.52. The Hall–Kier alpha value is -2.42. The summed E-state index contributed by atoms with van der Waals surface area (Å²) in [5.74, 6) is -0.980. The van der Waals surface area contributed by atoms with E-state index in [1.54, 1.807) is 25.7 Å². The van der Waals surface area contributed by atoms with Crippen molar-refractivity contribution < 1.29 is 27.5 Å². The number of alkyl halides is 3. The van der Waals surface area contributed by atoms with Crippen molar-refractivity contribution in [1.82, 2.24) is 9.27 Å². The second kappa shape index (κ2) is 8.17. The predicted octanol–water partition coefficient (Wildman–Crippen LogP) is 5.76. The fourth-order valence-corrected chi connectivity index (χ4v) is 4.50. The number of ether oxygens (including phenoxy) is 1. The van der Waals surface area contributed by atoms with E-state index in [9.17, 15) is 22.8 Å². The number of likely N-dealkylation sites (tertiary alicyclic amines) is 1. The third-order valence-corrected chi connectivity index (χ3v) is 5.89. The summed E-state index contributed by atoms with van der Waals surface area (Å²) in [6.07, 6.45) is -4.58. The SMILES string of the molecule is CC(C)(C)OC(=O)c1c(C2CN(C(=O)C(C)(C)C)C2)nsc1-c1ccccc1C(F)(F)F. The van der Waals surface area contributed by atoms with Crippen LogP contribution in [0.3, 0.4) is 0 Å². The van der Waals surface area contributed by atoms with Gasteiger partial charge in [-0.1, -0.05) is 39.0 Å². The van der Waals surface area contributed by atoms with E-state index in [2.05, 4.69) is 4.37 Å². The van der Waals surface area contributed by atoms with Crippen molar-refractivity contribution in [2.24, 2.45) is 5.41 Å². The quantitative estimate of drug-likeness (QED) is 0.538. The van der Waals surface area contributed by atoms with Crippen LogP contribution in [0, 0.1) is 5.41 Å². The molecule has 0 unspecified atom stereocenters. The van der Waals surface area contributed by atoms with Gasteiger partial charge in [-0.05, 0) is 38.4 Å². The average molecular weight is 469 g/mol. The van der Waals surface area contributed by atoms with Crippen molar-refractivity contribution >= 4 is 23.4 Å². The maximum Gasteiger partial charge on any atom is 0.417 e. The van der Waals surface area contributed by atoms with Gasteiger partial charge in [0.2, 0.25) is 5.91 Å².